The van der Waals surface area contributed by atoms with E-state index >= 15 is 0 Å². The molecule has 21 heavy (non-hydrogen) atoms. The molecule has 0 unspecified atom stereocenters. The van der Waals surface area contributed by atoms with E-state index in [2.05, 4.69) is 5.10 Å². The summed E-state index contributed by atoms with van der Waals surface area (Å²) in [6.45, 7) is 0. The summed E-state index contributed by atoms with van der Waals surface area (Å²) in [6, 6.07) is 12.5. The number of aldehydes is 1. The molecule has 0 bridgehead atoms. The van der Waals surface area contributed by atoms with Crippen LogP contribution in [0.1, 0.15) is 16.1 Å². The maximum Gasteiger partial charge on any atom is 0.435 e. The molecule has 6 heteroatoms. The fourth-order valence-corrected chi connectivity index (χ4v) is 2.23. The highest BCUT2D eigenvalue weighted by molar-refractivity contribution is 5.90. The summed E-state index contributed by atoms with van der Waals surface area (Å²) in [5, 5.41) is 5.17. The minimum atomic E-state index is -4.66. The second-order valence-electron chi connectivity index (χ2n) is 4.49. The molecule has 0 atom stereocenters. The van der Waals surface area contributed by atoms with Crippen LogP contribution >= 0.6 is 0 Å². The van der Waals surface area contributed by atoms with Gasteiger partial charge in [0.25, 0.3) is 0 Å². The summed E-state index contributed by atoms with van der Waals surface area (Å²) in [5.41, 5.74) is -1.16. The van der Waals surface area contributed by atoms with E-state index in [0.29, 0.717) is 5.69 Å². The lowest BCUT2D eigenvalue weighted by Gasteiger charge is -2.06. The Morgan fingerprint density at radius 3 is 2.43 bits per heavy atom. The van der Waals surface area contributed by atoms with Gasteiger partial charge in [-0.1, -0.05) is 36.4 Å². The summed E-state index contributed by atoms with van der Waals surface area (Å²) < 4.78 is 39.6. The molecule has 3 nitrogen and oxygen atoms in total. The number of hydrogen-bond donors (Lipinski definition) is 0. The first kappa shape index (κ1) is 13.4. The molecule has 2 aromatic carbocycles. The Bertz CT molecular complexity index is 816. The number of benzene rings is 2. The number of nitrogens with zero attached hydrogens (tertiary/aromatic N) is 2. The van der Waals surface area contributed by atoms with Crippen LogP contribution in [-0.4, -0.2) is 16.1 Å². The van der Waals surface area contributed by atoms with Gasteiger partial charge in [0.2, 0.25) is 0 Å². The number of aromatic nitrogens is 2. The molecule has 0 spiro atoms. The molecule has 0 fully saturated rings. The van der Waals surface area contributed by atoms with Crippen LogP contribution in [0.15, 0.2) is 48.7 Å². The summed E-state index contributed by atoms with van der Waals surface area (Å²) in [7, 11) is 0. The second-order valence-corrected chi connectivity index (χ2v) is 4.49. The summed E-state index contributed by atoms with van der Waals surface area (Å²) in [5.74, 6) is 0. The first-order valence-corrected chi connectivity index (χ1v) is 6.11. The first-order valence-electron chi connectivity index (χ1n) is 6.11. The Balaban J connectivity index is 2.24. The number of fused-ring (bicyclic) bond motifs is 1. The predicted octanol–water partition coefficient (Wildman–Crippen LogP) is 3.86. The molecule has 0 aliphatic carbocycles. The van der Waals surface area contributed by atoms with Crippen LogP contribution in [0.2, 0.25) is 0 Å². The van der Waals surface area contributed by atoms with Crippen molar-refractivity contribution < 1.29 is 18.0 Å². The molecule has 0 radical (unpaired) electrons. The molecule has 3 aromatic rings. The van der Waals surface area contributed by atoms with Gasteiger partial charge in [0.1, 0.15) is 0 Å². The van der Waals surface area contributed by atoms with E-state index in [-0.39, 0.29) is 6.29 Å². The summed E-state index contributed by atoms with van der Waals surface area (Å²) in [6.07, 6.45) is -3.40. The zero-order valence-electron chi connectivity index (χ0n) is 10.6. The van der Waals surface area contributed by atoms with Gasteiger partial charge in [-0.25, -0.2) is 4.68 Å². The Morgan fingerprint density at radius 1 is 1.05 bits per heavy atom. The average molecular weight is 290 g/mol. The number of carbonyl (C=O) groups is 1. The molecule has 0 N–H and O–H groups in total. The van der Waals surface area contributed by atoms with E-state index in [1.807, 2.05) is 18.2 Å². The lowest BCUT2D eigenvalue weighted by atomic mass is 10.1. The minimum absolute atomic E-state index is 0.164. The zero-order valence-corrected chi connectivity index (χ0v) is 10.6. The fraction of sp³-hybridized carbons (Fsp3) is 0.0667. The summed E-state index contributed by atoms with van der Waals surface area (Å²) >= 11 is 0. The Kier molecular flexibility index (Phi) is 3.01. The highest BCUT2D eigenvalue weighted by Crippen LogP contribution is 2.31. The van der Waals surface area contributed by atoms with Crippen molar-refractivity contribution in [1.29, 1.82) is 0 Å². The van der Waals surface area contributed by atoms with Crippen LogP contribution in [0, 0.1) is 0 Å². The molecule has 0 aliphatic heterocycles. The molecule has 106 valence electrons. The van der Waals surface area contributed by atoms with Crippen molar-refractivity contribution in [3.63, 3.8) is 0 Å². The number of rotatable bonds is 2. The molecule has 0 saturated heterocycles. The molecule has 0 saturated carbocycles. The van der Waals surface area contributed by atoms with Crippen molar-refractivity contribution in [3.8, 4) is 5.69 Å². The summed E-state index contributed by atoms with van der Waals surface area (Å²) in [4.78, 5) is 10.8. The van der Waals surface area contributed by atoms with Gasteiger partial charge >= 0.3 is 6.18 Å². The van der Waals surface area contributed by atoms with Crippen LogP contribution in [0.3, 0.4) is 0 Å². The molecule has 0 amide bonds. The molecular formula is C15H9F3N2O. The minimum Gasteiger partial charge on any atom is -0.298 e. The van der Waals surface area contributed by atoms with E-state index in [0.717, 1.165) is 21.7 Å². The van der Waals surface area contributed by atoms with Gasteiger partial charge in [-0.3, -0.25) is 4.79 Å². The van der Waals surface area contributed by atoms with E-state index < -0.39 is 17.4 Å². The van der Waals surface area contributed by atoms with Crippen LogP contribution in [0.25, 0.3) is 16.5 Å². The van der Waals surface area contributed by atoms with Crippen molar-refractivity contribution in [3.05, 3.63) is 59.9 Å². The maximum absolute atomic E-state index is 12.8. The average Bonchev–Trinajstić information content (AvgIpc) is 2.91. The monoisotopic (exact) mass is 290 g/mol. The number of alkyl halides is 3. The number of hydrogen-bond acceptors (Lipinski definition) is 2. The van der Waals surface area contributed by atoms with Gasteiger partial charge in [0.15, 0.2) is 12.0 Å². The molecule has 3 rings (SSSR count). The second kappa shape index (κ2) is 4.73. The molecule has 1 heterocycles. The van der Waals surface area contributed by atoms with Crippen molar-refractivity contribution in [2.45, 2.75) is 6.18 Å². The van der Waals surface area contributed by atoms with Gasteiger partial charge in [-0.2, -0.15) is 18.3 Å². The van der Waals surface area contributed by atoms with Crippen LogP contribution in [-0.2, 0) is 6.18 Å². The van der Waals surface area contributed by atoms with Crippen LogP contribution in [0.4, 0.5) is 13.2 Å². The smallest absolute Gasteiger partial charge is 0.298 e. The highest BCUT2D eigenvalue weighted by Gasteiger charge is 2.37. The number of carbonyl (C=O) groups excluding carboxylic acids is 1. The van der Waals surface area contributed by atoms with Crippen molar-refractivity contribution in [2.75, 3.05) is 0 Å². The van der Waals surface area contributed by atoms with Crippen LogP contribution in [0.5, 0.6) is 0 Å². The SMILES string of the molecule is O=Cc1cn(-c2cccc3ccccc23)nc1C(F)(F)F. The van der Waals surface area contributed by atoms with Gasteiger partial charge in [0.05, 0.1) is 11.3 Å². The fourth-order valence-electron chi connectivity index (χ4n) is 2.23. The topological polar surface area (TPSA) is 34.9 Å². The van der Waals surface area contributed by atoms with Gasteiger partial charge in [-0.05, 0) is 11.5 Å². The third-order valence-electron chi connectivity index (χ3n) is 3.15. The van der Waals surface area contributed by atoms with Gasteiger partial charge < -0.3 is 0 Å². The van der Waals surface area contributed by atoms with E-state index in [1.54, 1.807) is 24.3 Å². The quantitative estimate of drug-likeness (QED) is 0.672. The zero-order chi connectivity index (χ0) is 15.0. The third-order valence-corrected chi connectivity index (χ3v) is 3.15. The standard InChI is InChI=1S/C15H9F3N2O/c16-15(17,18)14-11(9-21)8-20(19-14)13-7-3-5-10-4-1-2-6-12(10)13/h1-9H. The lowest BCUT2D eigenvalue weighted by molar-refractivity contribution is -0.141. The van der Waals surface area contributed by atoms with Gasteiger partial charge in [0, 0.05) is 11.6 Å². The van der Waals surface area contributed by atoms with E-state index in [1.165, 1.54) is 0 Å². The molecule has 1 aromatic heterocycles. The van der Waals surface area contributed by atoms with E-state index in [9.17, 15) is 18.0 Å². The third kappa shape index (κ3) is 2.29. The van der Waals surface area contributed by atoms with Gasteiger partial charge in [-0.15, -0.1) is 0 Å². The lowest BCUT2D eigenvalue weighted by Crippen LogP contribution is -2.09. The largest absolute Gasteiger partial charge is 0.435 e. The maximum atomic E-state index is 12.8. The predicted molar refractivity (Wildman–Crippen MR) is 71.5 cm³/mol. The first-order chi connectivity index (χ1) is 10.0. The Hall–Kier alpha value is -2.63. The van der Waals surface area contributed by atoms with Crippen molar-refractivity contribution in [1.82, 2.24) is 9.78 Å². The van der Waals surface area contributed by atoms with Crippen molar-refractivity contribution >= 4 is 17.1 Å². The normalized spacial score (nSPS) is 11.8. The molecule has 0 aliphatic rings. The molecular weight excluding hydrogens is 281 g/mol. The van der Waals surface area contributed by atoms with Crippen molar-refractivity contribution in [2.24, 2.45) is 0 Å². The highest BCUT2D eigenvalue weighted by atomic mass is 19.4. The van der Waals surface area contributed by atoms with E-state index in [4.69, 9.17) is 0 Å². The Labute approximate surface area is 117 Å². The Morgan fingerprint density at radius 2 is 1.76 bits per heavy atom. The number of halogens is 3. The van der Waals surface area contributed by atoms with Crippen LogP contribution < -0.4 is 0 Å².